The number of carbonyl (C=O) groups excluding carboxylic acids is 1. The van der Waals surface area contributed by atoms with Crippen molar-refractivity contribution in [2.45, 2.75) is 11.4 Å². The summed E-state index contributed by atoms with van der Waals surface area (Å²) in [7, 11) is -4.00. The van der Waals surface area contributed by atoms with Crippen LogP contribution in [0.4, 0.5) is 10.1 Å². The van der Waals surface area contributed by atoms with Crippen LogP contribution in [0.15, 0.2) is 77.7 Å². The largest absolute Gasteiger partial charge is 0.325 e. The molecule has 0 fully saturated rings. The van der Waals surface area contributed by atoms with Gasteiger partial charge in [0.05, 0.1) is 21.5 Å². The zero-order chi connectivity index (χ0) is 21.7. The second-order valence-corrected chi connectivity index (χ2v) is 9.15. The predicted octanol–water partition coefficient (Wildman–Crippen LogP) is 4.96. The van der Waals surface area contributed by atoms with E-state index in [0.717, 1.165) is 10.4 Å². The van der Waals surface area contributed by atoms with E-state index in [2.05, 4.69) is 5.32 Å². The number of halogens is 3. The Balaban J connectivity index is 1.88. The molecule has 0 atom stereocenters. The molecule has 1 N–H and O–H groups in total. The van der Waals surface area contributed by atoms with E-state index in [9.17, 15) is 17.6 Å². The molecule has 9 heteroatoms. The number of nitrogens with one attached hydrogen (secondary N) is 1. The van der Waals surface area contributed by atoms with E-state index in [0.29, 0.717) is 10.6 Å². The summed E-state index contributed by atoms with van der Waals surface area (Å²) in [6.07, 6.45) is 0. The van der Waals surface area contributed by atoms with Crippen molar-refractivity contribution in [1.29, 1.82) is 0 Å². The number of carbonyl (C=O) groups is 1. The normalized spacial score (nSPS) is 11.5. The minimum Gasteiger partial charge on any atom is -0.325 e. The number of hydrogen-bond donors (Lipinski definition) is 1. The molecule has 3 rings (SSSR count). The molecule has 0 saturated heterocycles. The Morgan fingerprint density at radius 3 is 2.33 bits per heavy atom. The molecule has 0 radical (unpaired) electrons. The number of nitrogens with zero attached hydrogens (tertiary/aromatic N) is 1. The molecule has 30 heavy (non-hydrogen) atoms. The molecule has 1 amide bonds. The van der Waals surface area contributed by atoms with E-state index in [-0.39, 0.29) is 22.2 Å². The van der Waals surface area contributed by atoms with Crippen molar-refractivity contribution < 1.29 is 17.6 Å². The smallest absolute Gasteiger partial charge is 0.243 e. The first kappa shape index (κ1) is 22.2. The van der Waals surface area contributed by atoms with E-state index in [1.807, 2.05) is 0 Å². The summed E-state index contributed by atoms with van der Waals surface area (Å²) in [5.74, 6) is -1.13. The average Bonchev–Trinajstić information content (AvgIpc) is 2.71. The Labute approximate surface area is 184 Å². The zero-order valence-electron chi connectivity index (χ0n) is 15.6. The molecule has 3 aromatic carbocycles. The highest BCUT2D eigenvalue weighted by Crippen LogP contribution is 2.25. The fraction of sp³-hybridized carbons (Fsp3) is 0.0952. The number of anilines is 1. The summed E-state index contributed by atoms with van der Waals surface area (Å²) in [6, 6.07) is 17.8. The van der Waals surface area contributed by atoms with Gasteiger partial charge < -0.3 is 5.32 Å². The third-order valence-corrected chi connectivity index (χ3v) is 6.70. The Morgan fingerprint density at radius 2 is 1.67 bits per heavy atom. The minimum atomic E-state index is -4.00. The third-order valence-electron chi connectivity index (χ3n) is 4.15. The van der Waals surface area contributed by atoms with Crippen LogP contribution in [-0.4, -0.2) is 25.2 Å². The molecule has 0 aliphatic carbocycles. The van der Waals surface area contributed by atoms with Gasteiger partial charge in [0.2, 0.25) is 15.9 Å². The van der Waals surface area contributed by atoms with E-state index in [1.54, 1.807) is 36.4 Å². The highest BCUT2D eigenvalue weighted by Gasteiger charge is 2.27. The summed E-state index contributed by atoms with van der Waals surface area (Å²) in [5.41, 5.74) is 0.786. The first-order valence-electron chi connectivity index (χ1n) is 8.80. The molecule has 0 heterocycles. The fourth-order valence-electron chi connectivity index (χ4n) is 2.74. The van der Waals surface area contributed by atoms with Gasteiger partial charge in [0, 0.05) is 12.2 Å². The highest BCUT2D eigenvalue weighted by atomic mass is 35.5. The van der Waals surface area contributed by atoms with Crippen molar-refractivity contribution in [2.75, 3.05) is 11.9 Å². The summed E-state index contributed by atoms with van der Waals surface area (Å²) in [4.78, 5) is 12.6. The van der Waals surface area contributed by atoms with Crippen molar-refractivity contribution >= 4 is 44.8 Å². The topological polar surface area (TPSA) is 66.5 Å². The van der Waals surface area contributed by atoms with Crippen molar-refractivity contribution in [2.24, 2.45) is 0 Å². The van der Waals surface area contributed by atoms with Crippen LogP contribution in [0.2, 0.25) is 10.0 Å². The van der Waals surface area contributed by atoms with Gasteiger partial charge in [-0.25, -0.2) is 12.8 Å². The minimum absolute atomic E-state index is 0.0450. The molecule has 0 spiro atoms. The second-order valence-electron chi connectivity index (χ2n) is 6.39. The van der Waals surface area contributed by atoms with Crippen LogP contribution >= 0.6 is 23.2 Å². The molecule has 0 unspecified atom stereocenters. The molecule has 5 nitrogen and oxygen atoms in total. The molecule has 0 aromatic heterocycles. The van der Waals surface area contributed by atoms with Gasteiger partial charge in [-0.3, -0.25) is 4.79 Å². The number of sulfonamides is 1. The van der Waals surface area contributed by atoms with Gasteiger partial charge in [-0.1, -0.05) is 53.5 Å². The molecule has 3 aromatic rings. The SMILES string of the molecule is O=C(CN(Cc1ccc(Cl)c(Cl)c1)S(=O)(=O)c1ccccc1)Nc1cccc(F)c1. The van der Waals surface area contributed by atoms with E-state index in [4.69, 9.17) is 23.2 Å². The lowest BCUT2D eigenvalue weighted by Gasteiger charge is -2.22. The molecular weight excluding hydrogens is 450 g/mol. The Morgan fingerprint density at radius 1 is 0.933 bits per heavy atom. The lowest BCUT2D eigenvalue weighted by molar-refractivity contribution is -0.116. The molecular formula is C21H17Cl2FN2O3S. The van der Waals surface area contributed by atoms with Gasteiger partial charge >= 0.3 is 0 Å². The van der Waals surface area contributed by atoms with Crippen LogP contribution in [-0.2, 0) is 21.4 Å². The molecule has 156 valence electrons. The molecule has 0 aliphatic rings. The lowest BCUT2D eigenvalue weighted by atomic mass is 10.2. The maximum absolute atomic E-state index is 13.4. The molecule has 0 saturated carbocycles. The summed E-state index contributed by atoms with van der Waals surface area (Å²) < 4.78 is 40.7. The zero-order valence-corrected chi connectivity index (χ0v) is 17.9. The van der Waals surface area contributed by atoms with Gasteiger partial charge in [0.1, 0.15) is 5.82 Å². The van der Waals surface area contributed by atoms with Crippen LogP contribution in [0, 0.1) is 5.82 Å². The Kier molecular flexibility index (Phi) is 7.10. The molecule has 0 aliphatic heterocycles. The van der Waals surface area contributed by atoms with Crippen LogP contribution in [0.1, 0.15) is 5.56 Å². The fourth-order valence-corrected chi connectivity index (χ4v) is 4.46. The van der Waals surface area contributed by atoms with Crippen LogP contribution in [0.3, 0.4) is 0 Å². The van der Waals surface area contributed by atoms with E-state index in [1.165, 1.54) is 30.3 Å². The van der Waals surface area contributed by atoms with Gasteiger partial charge in [-0.05, 0) is 48.0 Å². The van der Waals surface area contributed by atoms with Crippen LogP contribution in [0.25, 0.3) is 0 Å². The predicted molar refractivity (Wildman–Crippen MR) is 116 cm³/mol. The summed E-state index contributed by atoms with van der Waals surface area (Å²) in [6.45, 7) is -0.585. The van der Waals surface area contributed by atoms with Gasteiger partial charge in [-0.15, -0.1) is 0 Å². The Bertz CT molecular complexity index is 1160. The van der Waals surface area contributed by atoms with Crippen molar-refractivity contribution in [3.63, 3.8) is 0 Å². The average molecular weight is 467 g/mol. The quantitative estimate of drug-likeness (QED) is 0.534. The number of benzene rings is 3. The van der Waals surface area contributed by atoms with Crippen molar-refractivity contribution in [3.8, 4) is 0 Å². The summed E-state index contributed by atoms with van der Waals surface area (Å²) in [5, 5.41) is 3.12. The van der Waals surface area contributed by atoms with Crippen LogP contribution in [0.5, 0.6) is 0 Å². The first-order valence-corrected chi connectivity index (χ1v) is 11.0. The first-order chi connectivity index (χ1) is 14.3. The molecule has 0 bridgehead atoms. The van der Waals surface area contributed by atoms with Gasteiger partial charge in [0.25, 0.3) is 0 Å². The number of amides is 1. The third kappa shape index (κ3) is 5.58. The monoisotopic (exact) mass is 466 g/mol. The Hall–Kier alpha value is -2.45. The van der Waals surface area contributed by atoms with Gasteiger partial charge in [-0.2, -0.15) is 4.31 Å². The van der Waals surface area contributed by atoms with Crippen molar-refractivity contribution in [3.05, 3.63) is 94.2 Å². The maximum atomic E-state index is 13.4. The second kappa shape index (κ2) is 9.57. The highest BCUT2D eigenvalue weighted by molar-refractivity contribution is 7.89. The lowest BCUT2D eigenvalue weighted by Crippen LogP contribution is -2.37. The number of rotatable bonds is 7. The van der Waals surface area contributed by atoms with Crippen molar-refractivity contribution in [1.82, 2.24) is 4.31 Å². The summed E-state index contributed by atoms with van der Waals surface area (Å²) >= 11 is 12.0. The number of hydrogen-bond acceptors (Lipinski definition) is 3. The van der Waals surface area contributed by atoms with Crippen LogP contribution < -0.4 is 5.32 Å². The van der Waals surface area contributed by atoms with E-state index < -0.39 is 28.3 Å². The van der Waals surface area contributed by atoms with E-state index >= 15 is 0 Å². The maximum Gasteiger partial charge on any atom is 0.243 e. The van der Waals surface area contributed by atoms with Gasteiger partial charge in [0.15, 0.2) is 0 Å². The standard InChI is InChI=1S/C21H17Cl2FN2O3S/c22-19-10-9-15(11-20(19)23)13-26(30(28,29)18-7-2-1-3-8-18)14-21(27)25-17-6-4-5-16(24)12-17/h1-12H,13-14H2,(H,25,27).